The summed E-state index contributed by atoms with van der Waals surface area (Å²) in [7, 11) is 1.31. The van der Waals surface area contributed by atoms with Gasteiger partial charge in [0, 0.05) is 28.7 Å². The average molecular weight is 427 g/mol. The molecule has 146 valence electrons. The number of halogens is 1. The molecular formula is C20H15ClN4O3S. The predicted molar refractivity (Wildman–Crippen MR) is 109 cm³/mol. The third-order valence-electron chi connectivity index (χ3n) is 4.05. The van der Waals surface area contributed by atoms with E-state index in [1.807, 2.05) is 41.0 Å². The fourth-order valence-electron chi connectivity index (χ4n) is 2.68. The first-order chi connectivity index (χ1) is 14.2. The van der Waals surface area contributed by atoms with Crippen LogP contribution in [0.25, 0.3) is 17.1 Å². The fraction of sp³-hybridized carbons (Fsp3) is 0.100. The quantitative estimate of drug-likeness (QED) is 0.327. The number of carbonyl (C=O) groups is 1. The molecule has 0 aliphatic heterocycles. The maximum Gasteiger partial charge on any atom is 0.373 e. The minimum absolute atomic E-state index is 0.166. The number of nitrogens with zero attached hydrogens (tertiary/aromatic N) is 4. The zero-order valence-corrected chi connectivity index (χ0v) is 16.9. The Hall–Kier alpha value is -3.10. The number of methoxy groups -OCH3 is 1. The van der Waals surface area contributed by atoms with Crippen molar-refractivity contribution < 1.29 is 13.9 Å². The summed E-state index contributed by atoms with van der Waals surface area (Å²) < 4.78 is 12.1. The number of hydrogen-bond donors (Lipinski definition) is 0. The highest BCUT2D eigenvalue weighted by atomic mass is 35.5. The second-order valence-electron chi connectivity index (χ2n) is 5.90. The molecule has 0 amide bonds. The summed E-state index contributed by atoms with van der Waals surface area (Å²) in [4.78, 5) is 15.6. The first-order valence-corrected chi connectivity index (χ1v) is 9.93. The minimum Gasteiger partial charge on any atom is -0.463 e. The highest BCUT2D eigenvalue weighted by Gasteiger charge is 2.18. The molecular weight excluding hydrogens is 412 g/mol. The lowest BCUT2D eigenvalue weighted by Gasteiger charge is -2.10. The Bertz CT molecular complexity index is 1130. The Labute approximate surface area is 175 Å². The van der Waals surface area contributed by atoms with Gasteiger partial charge in [0.1, 0.15) is 5.76 Å². The van der Waals surface area contributed by atoms with Crippen LogP contribution >= 0.6 is 23.4 Å². The lowest BCUT2D eigenvalue weighted by atomic mass is 10.2. The summed E-state index contributed by atoms with van der Waals surface area (Å²) >= 11 is 7.49. The number of pyridine rings is 1. The number of aromatic nitrogens is 4. The molecule has 4 rings (SSSR count). The highest BCUT2D eigenvalue weighted by Crippen LogP contribution is 2.30. The molecule has 0 N–H and O–H groups in total. The van der Waals surface area contributed by atoms with Gasteiger partial charge < -0.3 is 9.15 Å². The van der Waals surface area contributed by atoms with E-state index < -0.39 is 5.97 Å². The summed E-state index contributed by atoms with van der Waals surface area (Å²) in [6, 6.07) is 14.5. The van der Waals surface area contributed by atoms with Gasteiger partial charge in [0.05, 0.1) is 12.9 Å². The molecule has 0 radical (unpaired) electrons. The predicted octanol–water partition coefficient (Wildman–Crippen LogP) is 4.65. The molecule has 0 bridgehead atoms. The number of furan rings is 1. The van der Waals surface area contributed by atoms with Gasteiger partial charge in [0.2, 0.25) is 5.76 Å². The van der Waals surface area contributed by atoms with Crippen LogP contribution in [0.1, 0.15) is 16.3 Å². The second-order valence-corrected chi connectivity index (χ2v) is 7.28. The number of ether oxygens (including phenoxy) is 1. The van der Waals surface area contributed by atoms with Crippen LogP contribution in [-0.4, -0.2) is 32.8 Å². The molecule has 0 spiro atoms. The van der Waals surface area contributed by atoms with Gasteiger partial charge in [-0.3, -0.25) is 9.55 Å². The molecule has 0 aliphatic rings. The third-order valence-corrected chi connectivity index (χ3v) is 5.25. The molecule has 0 saturated carbocycles. The van der Waals surface area contributed by atoms with Crippen molar-refractivity contribution in [3.63, 3.8) is 0 Å². The van der Waals surface area contributed by atoms with Gasteiger partial charge >= 0.3 is 5.97 Å². The van der Waals surface area contributed by atoms with Crippen LogP contribution in [-0.2, 0) is 10.5 Å². The van der Waals surface area contributed by atoms with Gasteiger partial charge in [0.15, 0.2) is 11.0 Å². The smallest absolute Gasteiger partial charge is 0.373 e. The Morgan fingerprint density at radius 3 is 2.59 bits per heavy atom. The van der Waals surface area contributed by atoms with Crippen molar-refractivity contribution in [2.24, 2.45) is 0 Å². The highest BCUT2D eigenvalue weighted by molar-refractivity contribution is 7.98. The van der Waals surface area contributed by atoms with Crippen LogP contribution < -0.4 is 0 Å². The molecule has 7 nitrogen and oxygen atoms in total. The fourth-order valence-corrected chi connectivity index (χ4v) is 3.65. The van der Waals surface area contributed by atoms with E-state index in [1.54, 1.807) is 24.5 Å². The summed E-state index contributed by atoms with van der Waals surface area (Å²) in [5, 5.41) is 10.0. The normalized spacial score (nSPS) is 10.8. The lowest BCUT2D eigenvalue weighted by molar-refractivity contribution is 0.0563. The maximum atomic E-state index is 11.6. The van der Waals surface area contributed by atoms with Crippen molar-refractivity contribution in [2.75, 3.05) is 7.11 Å². The van der Waals surface area contributed by atoms with Crippen LogP contribution in [0.3, 0.4) is 0 Å². The van der Waals surface area contributed by atoms with Gasteiger partial charge in [-0.15, -0.1) is 10.2 Å². The topological polar surface area (TPSA) is 83.0 Å². The number of benzene rings is 1. The van der Waals surface area contributed by atoms with E-state index in [9.17, 15) is 4.79 Å². The van der Waals surface area contributed by atoms with Gasteiger partial charge in [-0.25, -0.2) is 4.79 Å². The zero-order valence-electron chi connectivity index (χ0n) is 15.3. The largest absolute Gasteiger partial charge is 0.463 e. The molecule has 3 heterocycles. The van der Waals surface area contributed by atoms with Crippen molar-refractivity contribution in [1.29, 1.82) is 0 Å². The lowest BCUT2D eigenvalue weighted by Crippen LogP contribution is -2.00. The number of esters is 1. The second kappa shape index (κ2) is 8.50. The van der Waals surface area contributed by atoms with Crippen LogP contribution in [0, 0.1) is 0 Å². The summed E-state index contributed by atoms with van der Waals surface area (Å²) in [5.74, 6) is 1.45. The van der Waals surface area contributed by atoms with E-state index in [4.69, 9.17) is 16.0 Å². The first kappa shape index (κ1) is 19.2. The number of thioether (sulfide) groups is 1. The first-order valence-electron chi connectivity index (χ1n) is 8.57. The van der Waals surface area contributed by atoms with E-state index in [-0.39, 0.29) is 5.76 Å². The van der Waals surface area contributed by atoms with Gasteiger partial charge in [0.25, 0.3) is 0 Å². The summed E-state index contributed by atoms with van der Waals surface area (Å²) in [5.41, 5.74) is 1.77. The van der Waals surface area contributed by atoms with Crippen LogP contribution in [0.2, 0.25) is 5.02 Å². The monoisotopic (exact) mass is 426 g/mol. The molecule has 29 heavy (non-hydrogen) atoms. The van der Waals surface area contributed by atoms with E-state index in [1.165, 1.54) is 18.9 Å². The molecule has 9 heteroatoms. The van der Waals surface area contributed by atoms with Crippen LogP contribution in [0.5, 0.6) is 0 Å². The Morgan fingerprint density at radius 1 is 1.10 bits per heavy atom. The van der Waals surface area contributed by atoms with Crippen molar-refractivity contribution in [1.82, 2.24) is 19.7 Å². The standard InChI is InChI=1S/C20H15ClN4O3S/c1-27-19(26)17-7-6-16(28-17)12-29-20-24-23-18(13-8-10-22-11-9-13)25(20)15-4-2-14(21)3-5-15/h2-11H,12H2,1H3. The molecule has 4 aromatic rings. The molecule has 3 aromatic heterocycles. The number of rotatable bonds is 6. The van der Waals surface area contributed by atoms with E-state index in [0.717, 1.165) is 11.3 Å². The molecule has 0 fully saturated rings. The molecule has 0 atom stereocenters. The SMILES string of the molecule is COC(=O)c1ccc(CSc2nnc(-c3ccncc3)n2-c2ccc(Cl)cc2)o1. The van der Waals surface area contributed by atoms with Gasteiger partial charge in [-0.1, -0.05) is 23.4 Å². The van der Waals surface area contributed by atoms with Crippen LogP contribution in [0.4, 0.5) is 0 Å². The van der Waals surface area contributed by atoms with Crippen LogP contribution in [0.15, 0.2) is 70.5 Å². The van der Waals surface area contributed by atoms with Gasteiger partial charge in [-0.05, 0) is 48.5 Å². The average Bonchev–Trinajstić information content (AvgIpc) is 3.40. The zero-order chi connectivity index (χ0) is 20.2. The van der Waals surface area contributed by atoms with E-state index in [0.29, 0.717) is 27.5 Å². The summed E-state index contributed by atoms with van der Waals surface area (Å²) in [6.45, 7) is 0. The number of carbonyl (C=O) groups excluding carboxylic acids is 1. The van der Waals surface area contributed by atoms with E-state index in [2.05, 4.69) is 19.9 Å². The Balaban J connectivity index is 1.66. The number of hydrogen-bond acceptors (Lipinski definition) is 7. The molecule has 1 aromatic carbocycles. The third kappa shape index (κ3) is 4.18. The maximum absolute atomic E-state index is 11.6. The Kier molecular flexibility index (Phi) is 5.64. The van der Waals surface area contributed by atoms with Crippen molar-refractivity contribution in [2.45, 2.75) is 10.9 Å². The molecule has 0 aliphatic carbocycles. The summed E-state index contributed by atoms with van der Waals surface area (Å²) in [6.07, 6.45) is 3.42. The van der Waals surface area contributed by atoms with Crippen molar-refractivity contribution >= 4 is 29.3 Å². The molecule has 0 saturated heterocycles. The Morgan fingerprint density at radius 2 is 1.86 bits per heavy atom. The van der Waals surface area contributed by atoms with Gasteiger partial charge in [-0.2, -0.15) is 0 Å². The molecule has 0 unspecified atom stereocenters. The minimum atomic E-state index is -0.509. The van der Waals surface area contributed by atoms with Crippen molar-refractivity contribution in [3.05, 3.63) is 77.5 Å². The van der Waals surface area contributed by atoms with Crippen molar-refractivity contribution in [3.8, 4) is 17.1 Å². The van der Waals surface area contributed by atoms with E-state index >= 15 is 0 Å².